The highest BCUT2D eigenvalue weighted by Gasteiger charge is 2.33. The molecule has 0 saturated heterocycles. The monoisotopic (exact) mass is 372 g/mol. The maximum Gasteiger partial charge on any atom is 0.433 e. The van der Waals surface area contributed by atoms with Crippen molar-refractivity contribution in [2.75, 3.05) is 11.6 Å². The van der Waals surface area contributed by atoms with Crippen LogP contribution in [0.25, 0.3) is 0 Å². The first-order valence-corrected chi connectivity index (χ1v) is 8.95. The number of rotatable bonds is 3. The van der Waals surface area contributed by atoms with Crippen LogP contribution >= 0.6 is 0 Å². The Kier molecular flexibility index (Phi) is 4.90. The van der Waals surface area contributed by atoms with Crippen LogP contribution in [0.4, 0.5) is 18.9 Å². The third-order valence-corrected chi connectivity index (χ3v) is 4.62. The van der Waals surface area contributed by atoms with E-state index in [0.29, 0.717) is 5.56 Å². The second kappa shape index (κ2) is 6.47. The molecule has 0 unspecified atom stereocenters. The Balaban J connectivity index is 2.35. The van der Waals surface area contributed by atoms with Crippen molar-refractivity contribution in [1.82, 2.24) is 4.98 Å². The highest BCUT2D eigenvalue weighted by Crippen LogP contribution is 2.28. The molecule has 0 aliphatic carbocycles. The van der Waals surface area contributed by atoms with Crippen molar-refractivity contribution in [1.29, 1.82) is 0 Å². The molecule has 0 bridgehead atoms. The standard InChI is InChI=1S/C16H15F3N2O3S/c1-9-4-5-11(25(3,23)24)8-13(9)21-15(22)12-6-7-14(16(17,18)19)20-10(12)2/h4-8H,1-3H3,(H,21,22). The summed E-state index contributed by atoms with van der Waals surface area (Å²) in [5.41, 5.74) is -0.330. The van der Waals surface area contributed by atoms with Gasteiger partial charge in [0.25, 0.3) is 5.91 Å². The van der Waals surface area contributed by atoms with E-state index in [1.54, 1.807) is 6.92 Å². The predicted octanol–water partition coefficient (Wildman–Crippen LogP) is 3.37. The first-order valence-electron chi connectivity index (χ1n) is 7.06. The molecular weight excluding hydrogens is 357 g/mol. The topological polar surface area (TPSA) is 76.1 Å². The van der Waals surface area contributed by atoms with Gasteiger partial charge in [0.1, 0.15) is 5.69 Å². The molecule has 1 aromatic heterocycles. The number of hydrogen-bond donors (Lipinski definition) is 1. The molecule has 1 N–H and O–H groups in total. The molecule has 5 nitrogen and oxygen atoms in total. The third-order valence-electron chi connectivity index (χ3n) is 3.51. The molecule has 0 aliphatic heterocycles. The van der Waals surface area contributed by atoms with E-state index in [2.05, 4.69) is 10.3 Å². The number of anilines is 1. The Morgan fingerprint density at radius 1 is 1.12 bits per heavy atom. The minimum atomic E-state index is -4.60. The van der Waals surface area contributed by atoms with Gasteiger partial charge in [0.15, 0.2) is 9.84 Å². The second-order valence-electron chi connectivity index (χ2n) is 5.53. The largest absolute Gasteiger partial charge is 0.433 e. The van der Waals surface area contributed by atoms with E-state index >= 15 is 0 Å². The van der Waals surface area contributed by atoms with E-state index in [1.165, 1.54) is 25.1 Å². The summed E-state index contributed by atoms with van der Waals surface area (Å²) in [6.07, 6.45) is -3.56. The minimum Gasteiger partial charge on any atom is -0.322 e. The van der Waals surface area contributed by atoms with Crippen LogP contribution in [-0.2, 0) is 16.0 Å². The number of hydrogen-bond acceptors (Lipinski definition) is 4. The van der Waals surface area contributed by atoms with Crippen LogP contribution in [-0.4, -0.2) is 25.6 Å². The van der Waals surface area contributed by atoms with E-state index in [4.69, 9.17) is 0 Å². The van der Waals surface area contributed by atoms with Crippen molar-refractivity contribution in [3.63, 3.8) is 0 Å². The lowest BCUT2D eigenvalue weighted by Crippen LogP contribution is -2.17. The predicted molar refractivity (Wildman–Crippen MR) is 86.2 cm³/mol. The van der Waals surface area contributed by atoms with Crippen LogP contribution in [0.5, 0.6) is 0 Å². The number of aromatic nitrogens is 1. The van der Waals surface area contributed by atoms with Crippen molar-refractivity contribution in [2.24, 2.45) is 0 Å². The van der Waals surface area contributed by atoms with Gasteiger partial charge in [-0.05, 0) is 43.7 Å². The number of alkyl halides is 3. The molecule has 0 spiro atoms. The van der Waals surface area contributed by atoms with E-state index in [0.717, 1.165) is 18.4 Å². The average Bonchev–Trinajstić information content (AvgIpc) is 2.47. The van der Waals surface area contributed by atoms with Gasteiger partial charge in [0.05, 0.1) is 16.2 Å². The summed E-state index contributed by atoms with van der Waals surface area (Å²) in [7, 11) is -3.46. The van der Waals surface area contributed by atoms with E-state index in [-0.39, 0.29) is 21.8 Å². The SMILES string of the molecule is Cc1ccc(S(C)(=O)=O)cc1NC(=O)c1ccc(C(F)(F)F)nc1C. The lowest BCUT2D eigenvalue weighted by atomic mass is 10.1. The Morgan fingerprint density at radius 3 is 2.28 bits per heavy atom. The number of sulfone groups is 1. The summed E-state index contributed by atoms with van der Waals surface area (Å²) in [5, 5.41) is 2.51. The summed E-state index contributed by atoms with van der Waals surface area (Å²) in [5.74, 6) is -0.674. The lowest BCUT2D eigenvalue weighted by molar-refractivity contribution is -0.141. The normalized spacial score (nSPS) is 12.1. The van der Waals surface area contributed by atoms with Gasteiger partial charge in [-0.15, -0.1) is 0 Å². The number of benzene rings is 1. The lowest BCUT2D eigenvalue weighted by Gasteiger charge is -2.12. The Bertz CT molecular complexity index is 938. The number of carbonyl (C=O) groups excluding carboxylic acids is 1. The Labute approximate surface area is 142 Å². The van der Waals surface area contributed by atoms with Gasteiger partial charge in [0.2, 0.25) is 0 Å². The summed E-state index contributed by atoms with van der Waals surface area (Å²) in [4.78, 5) is 15.8. The number of pyridine rings is 1. The number of nitrogens with one attached hydrogen (secondary N) is 1. The molecule has 25 heavy (non-hydrogen) atoms. The van der Waals surface area contributed by atoms with Crippen molar-refractivity contribution in [3.8, 4) is 0 Å². The number of nitrogens with zero attached hydrogens (tertiary/aromatic N) is 1. The molecule has 9 heteroatoms. The average molecular weight is 372 g/mol. The highest BCUT2D eigenvalue weighted by molar-refractivity contribution is 7.90. The van der Waals surface area contributed by atoms with Crippen LogP contribution in [0.2, 0.25) is 0 Å². The minimum absolute atomic E-state index is 0.0238. The van der Waals surface area contributed by atoms with Gasteiger partial charge >= 0.3 is 6.18 Å². The van der Waals surface area contributed by atoms with Crippen molar-refractivity contribution in [3.05, 3.63) is 52.8 Å². The van der Waals surface area contributed by atoms with E-state index in [1.807, 2.05) is 0 Å². The van der Waals surface area contributed by atoms with Crippen LogP contribution in [0, 0.1) is 13.8 Å². The third kappa shape index (κ3) is 4.36. The van der Waals surface area contributed by atoms with Crippen molar-refractivity contribution < 1.29 is 26.4 Å². The quantitative estimate of drug-likeness (QED) is 0.896. The van der Waals surface area contributed by atoms with Crippen molar-refractivity contribution in [2.45, 2.75) is 24.9 Å². The maximum absolute atomic E-state index is 12.6. The zero-order valence-electron chi connectivity index (χ0n) is 13.6. The molecule has 2 rings (SSSR count). The van der Waals surface area contributed by atoms with Gasteiger partial charge in [-0.2, -0.15) is 13.2 Å². The molecule has 134 valence electrons. The van der Waals surface area contributed by atoms with E-state index in [9.17, 15) is 26.4 Å². The zero-order chi connectivity index (χ0) is 19.0. The first-order chi connectivity index (χ1) is 11.4. The molecule has 0 saturated carbocycles. The van der Waals surface area contributed by atoms with Gasteiger partial charge in [-0.1, -0.05) is 6.07 Å². The van der Waals surface area contributed by atoms with E-state index < -0.39 is 27.6 Å². The molecule has 0 atom stereocenters. The summed E-state index contributed by atoms with van der Waals surface area (Å²) in [6.45, 7) is 2.96. The Morgan fingerprint density at radius 2 is 1.76 bits per heavy atom. The Hall–Kier alpha value is -2.42. The van der Waals surface area contributed by atoms with Crippen LogP contribution in [0.3, 0.4) is 0 Å². The summed E-state index contributed by atoms with van der Waals surface area (Å²) in [6, 6.07) is 6.00. The fourth-order valence-corrected chi connectivity index (χ4v) is 2.76. The van der Waals surface area contributed by atoms with Gasteiger partial charge < -0.3 is 5.32 Å². The number of halogens is 3. The number of carbonyl (C=O) groups is 1. The highest BCUT2D eigenvalue weighted by atomic mass is 32.2. The molecule has 1 heterocycles. The molecule has 1 amide bonds. The van der Waals surface area contributed by atoms with Crippen LogP contribution in [0.1, 0.15) is 27.3 Å². The molecule has 0 radical (unpaired) electrons. The molecule has 0 aliphatic rings. The maximum atomic E-state index is 12.6. The second-order valence-corrected chi connectivity index (χ2v) is 7.55. The smallest absolute Gasteiger partial charge is 0.322 e. The van der Waals surface area contributed by atoms with Crippen molar-refractivity contribution >= 4 is 21.4 Å². The first kappa shape index (κ1) is 18.9. The fourth-order valence-electron chi connectivity index (χ4n) is 2.11. The zero-order valence-corrected chi connectivity index (χ0v) is 14.4. The number of amides is 1. The van der Waals surface area contributed by atoms with Gasteiger partial charge in [0, 0.05) is 11.9 Å². The van der Waals surface area contributed by atoms with Crippen LogP contribution in [0.15, 0.2) is 35.2 Å². The van der Waals surface area contributed by atoms with Crippen LogP contribution < -0.4 is 5.32 Å². The number of aryl methyl sites for hydroxylation is 2. The fraction of sp³-hybridized carbons (Fsp3) is 0.250. The molecule has 0 fully saturated rings. The summed E-state index contributed by atoms with van der Waals surface area (Å²) >= 11 is 0. The molecule has 2 aromatic rings. The van der Waals surface area contributed by atoms with Gasteiger partial charge in [-0.3, -0.25) is 4.79 Å². The molecule has 1 aromatic carbocycles. The molecular formula is C16H15F3N2O3S. The summed E-state index contributed by atoms with van der Waals surface area (Å²) < 4.78 is 61.1. The van der Waals surface area contributed by atoms with Gasteiger partial charge in [-0.25, -0.2) is 13.4 Å².